The van der Waals surface area contributed by atoms with Gasteiger partial charge in [-0.3, -0.25) is 14.2 Å². The molecule has 1 aromatic carbocycles. The van der Waals surface area contributed by atoms with Gasteiger partial charge in [-0.25, -0.2) is 4.79 Å². The van der Waals surface area contributed by atoms with Gasteiger partial charge >= 0.3 is 10.8 Å². The molecule has 0 saturated heterocycles. The maximum Gasteiger partial charge on any atom is 0.337 e. The maximum atomic E-state index is 12.6. The number of nitrogens with one attached hydrogen (secondary N) is 1. The summed E-state index contributed by atoms with van der Waals surface area (Å²) in [4.78, 5) is 38.8. The number of ether oxygens (including phenoxy) is 1. The van der Waals surface area contributed by atoms with Crippen LogP contribution in [0.25, 0.3) is 10.9 Å². The highest BCUT2D eigenvalue weighted by Crippen LogP contribution is 2.21. The molecular formula is C16H14N2O4S. The number of carbonyl (C=O) groups is 2. The fourth-order valence-electron chi connectivity index (χ4n) is 2.42. The highest BCUT2D eigenvalue weighted by molar-refractivity contribution is 7.07. The molecule has 6 nitrogen and oxygen atoms in total. The highest BCUT2D eigenvalue weighted by atomic mass is 32.1. The van der Waals surface area contributed by atoms with E-state index in [2.05, 4.69) is 4.98 Å². The third kappa shape index (κ3) is 2.70. The van der Waals surface area contributed by atoms with Crippen molar-refractivity contribution in [3.05, 3.63) is 56.3 Å². The molecule has 0 saturated carbocycles. The quantitative estimate of drug-likeness (QED) is 0.588. The Morgan fingerprint density at radius 3 is 2.78 bits per heavy atom. The number of ketones is 1. The SMILES string of the molecule is COC(=O)c1ccc2[nH]cc(C(=O)Cn3c(C)csc3=O)c2c1. The first-order valence-electron chi connectivity index (χ1n) is 6.89. The van der Waals surface area contributed by atoms with Crippen molar-refractivity contribution in [2.24, 2.45) is 0 Å². The second kappa shape index (κ2) is 5.85. The number of nitrogens with zero attached hydrogens (tertiary/aromatic N) is 1. The lowest BCUT2D eigenvalue weighted by Crippen LogP contribution is -2.20. The zero-order valence-corrected chi connectivity index (χ0v) is 13.4. The van der Waals surface area contributed by atoms with E-state index < -0.39 is 5.97 Å². The number of aromatic amines is 1. The Labute approximate surface area is 135 Å². The first kappa shape index (κ1) is 15.2. The summed E-state index contributed by atoms with van der Waals surface area (Å²) in [5.41, 5.74) is 2.32. The van der Waals surface area contributed by atoms with Crippen LogP contribution in [0.15, 0.2) is 34.6 Å². The third-order valence-corrected chi connectivity index (χ3v) is 4.56. The van der Waals surface area contributed by atoms with E-state index in [1.54, 1.807) is 36.7 Å². The number of H-pyrrole nitrogens is 1. The number of hydrogen-bond acceptors (Lipinski definition) is 5. The van der Waals surface area contributed by atoms with E-state index in [-0.39, 0.29) is 17.2 Å². The fraction of sp³-hybridized carbons (Fsp3) is 0.188. The Bertz CT molecular complexity index is 964. The van der Waals surface area contributed by atoms with Crippen molar-refractivity contribution < 1.29 is 14.3 Å². The predicted octanol–water partition coefficient (Wildman–Crippen LogP) is 2.37. The lowest BCUT2D eigenvalue weighted by atomic mass is 10.1. The largest absolute Gasteiger partial charge is 0.465 e. The second-order valence-corrected chi connectivity index (χ2v) is 5.93. The van der Waals surface area contributed by atoms with Gasteiger partial charge in [0.2, 0.25) is 0 Å². The van der Waals surface area contributed by atoms with Gasteiger partial charge in [-0.2, -0.15) is 0 Å². The molecule has 0 spiro atoms. The molecular weight excluding hydrogens is 316 g/mol. The lowest BCUT2D eigenvalue weighted by Gasteiger charge is -2.04. The van der Waals surface area contributed by atoms with Crippen molar-refractivity contribution in [3.63, 3.8) is 0 Å². The van der Waals surface area contributed by atoms with Crippen molar-refractivity contribution in [1.29, 1.82) is 0 Å². The van der Waals surface area contributed by atoms with E-state index in [1.165, 1.54) is 11.7 Å². The molecule has 23 heavy (non-hydrogen) atoms. The number of esters is 1. The van der Waals surface area contributed by atoms with Crippen molar-refractivity contribution in [2.45, 2.75) is 13.5 Å². The molecule has 0 atom stereocenters. The van der Waals surface area contributed by atoms with E-state index in [0.29, 0.717) is 16.5 Å². The molecule has 0 aliphatic carbocycles. The monoisotopic (exact) mass is 330 g/mol. The van der Waals surface area contributed by atoms with Gasteiger partial charge in [0.25, 0.3) is 0 Å². The van der Waals surface area contributed by atoms with E-state index in [0.717, 1.165) is 22.5 Å². The summed E-state index contributed by atoms with van der Waals surface area (Å²) in [5.74, 6) is -0.654. The van der Waals surface area contributed by atoms with E-state index >= 15 is 0 Å². The number of thiazole rings is 1. The zero-order chi connectivity index (χ0) is 16.6. The average Bonchev–Trinajstić information content (AvgIpc) is 3.11. The second-order valence-electron chi connectivity index (χ2n) is 5.11. The van der Waals surface area contributed by atoms with Crippen molar-refractivity contribution >= 4 is 34.0 Å². The van der Waals surface area contributed by atoms with Gasteiger partial charge in [-0.15, -0.1) is 0 Å². The normalized spacial score (nSPS) is 10.9. The highest BCUT2D eigenvalue weighted by Gasteiger charge is 2.16. The van der Waals surface area contributed by atoms with Gasteiger partial charge in [-0.1, -0.05) is 11.3 Å². The molecule has 7 heteroatoms. The summed E-state index contributed by atoms with van der Waals surface area (Å²) in [6, 6.07) is 4.97. The average molecular weight is 330 g/mol. The lowest BCUT2D eigenvalue weighted by molar-refractivity contribution is 0.0600. The van der Waals surface area contributed by atoms with Crippen LogP contribution >= 0.6 is 11.3 Å². The number of hydrogen-bond donors (Lipinski definition) is 1. The topological polar surface area (TPSA) is 81.2 Å². The summed E-state index contributed by atoms with van der Waals surface area (Å²) >= 11 is 1.07. The maximum absolute atomic E-state index is 12.6. The number of aryl methyl sites for hydroxylation is 1. The number of rotatable bonds is 4. The molecule has 0 amide bonds. The molecule has 118 valence electrons. The van der Waals surface area contributed by atoms with Crippen LogP contribution in [-0.4, -0.2) is 28.4 Å². The first-order chi connectivity index (χ1) is 11.0. The minimum Gasteiger partial charge on any atom is -0.465 e. The molecule has 0 fully saturated rings. The Hall–Kier alpha value is -2.67. The molecule has 3 aromatic rings. The Kier molecular flexibility index (Phi) is 3.87. The predicted molar refractivity (Wildman–Crippen MR) is 87.3 cm³/mol. The molecule has 3 rings (SSSR count). The Morgan fingerprint density at radius 1 is 1.35 bits per heavy atom. The van der Waals surface area contributed by atoms with Crippen molar-refractivity contribution in [3.8, 4) is 0 Å². The van der Waals surface area contributed by atoms with Gasteiger partial charge in [0.15, 0.2) is 5.78 Å². The summed E-state index contributed by atoms with van der Waals surface area (Å²) in [6.07, 6.45) is 1.60. The van der Waals surface area contributed by atoms with Crippen LogP contribution in [0.2, 0.25) is 0 Å². The minimum atomic E-state index is -0.462. The third-order valence-electron chi connectivity index (χ3n) is 3.68. The standard InChI is InChI=1S/C16H14N2O4S/c1-9-8-23-16(21)18(9)7-14(19)12-6-17-13-4-3-10(5-11(12)13)15(20)22-2/h3-6,8,17H,7H2,1-2H3. The Balaban J connectivity index is 2.00. The van der Waals surface area contributed by atoms with Crippen LogP contribution in [0.4, 0.5) is 0 Å². The minimum absolute atomic E-state index is 0.0242. The molecule has 2 heterocycles. The molecule has 0 radical (unpaired) electrons. The van der Waals surface area contributed by atoms with E-state index in [9.17, 15) is 14.4 Å². The summed E-state index contributed by atoms with van der Waals surface area (Å²) in [6.45, 7) is 1.76. The van der Waals surface area contributed by atoms with E-state index in [4.69, 9.17) is 4.74 Å². The van der Waals surface area contributed by atoms with Gasteiger partial charge in [0.1, 0.15) is 0 Å². The molecule has 0 unspecified atom stereocenters. The van der Waals surface area contributed by atoms with Crippen LogP contribution in [-0.2, 0) is 11.3 Å². The summed E-state index contributed by atoms with van der Waals surface area (Å²) in [7, 11) is 1.31. The van der Waals surface area contributed by atoms with Crippen LogP contribution in [0.5, 0.6) is 0 Å². The zero-order valence-electron chi connectivity index (χ0n) is 12.6. The van der Waals surface area contributed by atoms with Gasteiger partial charge < -0.3 is 9.72 Å². The summed E-state index contributed by atoms with van der Waals surface area (Å²) < 4.78 is 6.14. The van der Waals surface area contributed by atoms with Crippen LogP contribution in [0.1, 0.15) is 26.4 Å². The molecule has 1 N–H and O–H groups in total. The smallest absolute Gasteiger partial charge is 0.337 e. The molecule has 0 aliphatic heterocycles. The van der Waals surface area contributed by atoms with Crippen LogP contribution < -0.4 is 4.87 Å². The van der Waals surface area contributed by atoms with E-state index in [1.807, 2.05) is 0 Å². The number of benzene rings is 1. The van der Waals surface area contributed by atoms with Gasteiger partial charge in [0.05, 0.1) is 19.2 Å². The Morgan fingerprint density at radius 2 is 2.13 bits per heavy atom. The number of Topliss-reactive ketones (excluding diaryl/α,β-unsaturated/α-hetero) is 1. The number of methoxy groups -OCH3 is 1. The summed E-state index contributed by atoms with van der Waals surface area (Å²) in [5, 5.41) is 2.36. The van der Waals surface area contributed by atoms with Crippen LogP contribution in [0.3, 0.4) is 0 Å². The molecule has 0 aliphatic rings. The van der Waals surface area contributed by atoms with Gasteiger partial charge in [-0.05, 0) is 25.1 Å². The van der Waals surface area contributed by atoms with Crippen LogP contribution in [0, 0.1) is 6.92 Å². The number of fused-ring (bicyclic) bond motifs is 1. The van der Waals surface area contributed by atoms with Gasteiger partial charge in [0, 0.05) is 33.7 Å². The number of carbonyl (C=O) groups excluding carboxylic acids is 2. The van der Waals surface area contributed by atoms with Crippen molar-refractivity contribution in [2.75, 3.05) is 7.11 Å². The first-order valence-corrected chi connectivity index (χ1v) is 7.77. The van der Waals surface area contributed by atoms with Crippen molar-refractivity contribution in [1.82, 2.24) is 9.55 Å². The fourth-order valence-corrected chi connectivity index (χ4v) is 3.16. The number of aromatic nitrogens is 2. The molecule has 0 bridgehead atoms. The molecule has 2 aromatic heterocycles.